The maximum atomic E-state index is 12.4. The SMILES string of the molecule is CC1(C)[C@H](C(=O)OCc2cccc(Oc3ccc(N)cc3)c2)[C@@H]1C=C(Cl)Cl. The topological polar surface area (TPSA) is 61.5 Å². The molecule has 0 radical (unpaired) electrons. The molecule has 2 atom stereocenters. The first-order chi connectivity index (χ1) is 12.8. The number of nitrogen functional groups attached to an aromatic ring is 1. The number of allylic oxidation sites excluding steroid dienone is 1. The van der Waals surface area contributed by atoms with Crippen molar-refractivity contribution >= 4 is 34.9 Å². The lowest BCUT2D eigenvalue weighted by molar-refractivity contribution is -0.147. The van der Waals surface area contributed by atoms with Crippen LogP contribution in [0.1, 0.15) is 19.4 Å². The van der Waals surface area contributed by atoms with Crippen molar-refractivity contribution in [3.8, 4) is 11.5 Å². The predicted octanol–water partition coefficient (Wildman–Crippen LogP) is 5.70. The van der Waals surface area contributed by atoms with Crippen molar-refractivity contribution in [1.82, 2.24) is 0 Å². The van der Waals surface area contributed by atoms with Gasteiger partial charge in [0.15, 0.2) is 0 Å². The van der Waals surface area contributed by atoms with E-state index in [2.05, 4.69) is 0 Å². The van der Waals surface area contributed by atoms with Gasteiger partial charge in [-0.2, -0.15) is 0 Å². The average molecular weight is 406 g/mol. The molecule has 2 aromatic rings. The molecule has 2 aromatic carbocycles. The van der Waals surface area contributed by atoms with E-state index in [0.717, 1.165) is 5.56 Å². The van der Waals surface area contributed by atoms with Crippen molar-refractivity contribution in [1.29, 1.82) is 0 Å². The number of halogens is 2. The van der Waals surface area contributed by atoms with E-state index >= 15 is 0 Å². The number of ether oxygens (including phenoxy) is 2. The summed E-state index contributed by atoms with van der Waals surface area (Å²) in [6, 6.07) is 14.6. The fraction of sp³-hybridized carbons (Fsp3) is 0.286. The van der Waals surface area contributed by atoms with Crippen LogP contribution in [0.15, 0.2) is 59.1 Å². The van der Waals surface area contributed by atoms with E-state index in [-0.39, 0.29) is 34.3 Å². The van der Waals surface area contributed by atoms with Gasteiger partial charge in [0.1, 0.15) is 22.6 Å². The molecule has 0 heterocycles. The zero-order valence-electron chi connectivity index (χ0n) is 15.1. The van der Waals surface area contributed by atoms with E-state index in [1.165, 1.54) is 0 Å². The van der Waals surface area contributed by atoms with Gasteiger partial charge >= 0.3 is 5.97 Å². The zero-order valence-corrected chi connectivity index (χ0v) is 16.6. The van der Waals surface area contributed by atoms with Crippen molar-refractivity contribution in [2.24, 2.45) is 17.3 Å². The Morgan fingerprint density at radius 2 is 1.85 bits per heavy atom. The minimum atomic E-state index is -0.249. The van der Waals surface area contributed by atoms with Gasteiger partial charge in [0.2, 0.25) is 0 Å². The van der Waals surface area contributed by atoms with E-state index in [0.29, 0.717) is 17.2 Å². The third-order valence-corrected chi connectivity index (χ3v) is 5.12. The van der Waals surface area contributed by atoms with Crippen LogP contribution in [0.4, 0.5) is 5.69 Å². The maximum absolute atomic E-state index is 12.4. The highest BCUT2D eigenvalue weighted by Gasteiger charge is 2.61. The van der Waals surface area contributed by atoms with E-state index in [1.807, 2.05) is 38.1 Å². The minimum absolute atomic E-state index is 0.00446. The van der Waals surface area contributed by atoms with E-state index in [1.54, 1.807) is 30.3 Å². The number of benzene rings is 2. The molecule has 2 N–H and O–H groups in total. The molecule has 0 saturated heterocycles. The highest BCUT2D eigenvalue weighted by atomic mass is 35.5. The van der Waals surface area contributed by atoms with Crippen molar-refractivity contribution in [2.45, 2.75) is 20.5 Å². The third-order valence-electron chi connectivity index (χ3n) is 4.87. The number of esters is 1. The van der Waals surface area contributed by atoms with Crippen LogP contribution in [0.5, 0.6) is 11.5 Å². The Morgan fingerprint density at radius 3 is 2.52 bits per heavy atom. The highest BCUT2D eigenvalue weighted by molar-refractivity contribution is 6.55. The fourth-order valence-electron chi connectivity index (χ4n) is 3.19. The molecule has 0 bridgehead atoms. The van der Waals surface area contributed by atoms with Crippen LogP contribution >= 0.6 is 23.2 Å². The second kappa shape index (κ2) is 7.83. The third kappa shape index (κ3) is 4.76. The Balaban J connectivity index is 1.59. The number of carbonyl (C=O) groups excluding carboxylic acids is 1. The van der Waals surface area contributed by atoms with Gasteiger partial charge in [-0.3, -0.25) is 4.79 Å². The predicted molar refractivity (Wildman–Crippen MR) is 108 cm³/mol. The lowest BCUT2D eigenvalue weighted by Gasteiger charge is -2.09. The highest BCUT2D eigenvalue weighted by Crippen LogP contribution is 2.60. The molecule has 0 aromatic heterocycles. The number of rotatable bonds is 6. The van der Waals surface area contributed by atoms with E-state index in [4.69, 9.17) is 38.4 Å². The zero-order chi connectivity index (χ0) is 19.6. The smallest absolute Gasteiger partial charge is 0.310 e. The summed E-state index contributed by atoms with van der Waals surface area (Å²) < 4.78 is 11.5. The standard InChI is InChI=1S/C21H21Cl2NO3/c1-21(2)17(11-18(22)23)19(21)20(25)26-12-13-4-3-5-16(10-13)27-15-8-6-14(24)7-9-15/h3-11,17,19H,12,24H2,1-2H3/t17-,19-/m0/s1. The van der Waals surface area contributed by atoms with Crippen LogP contribution in [0.25, 0.3) is 0 Å². The van der Waals surface area contributed by atoms with Crippen LogP contribution in [0, 0.1) is 17.3 Å². The lowest BCUT2D eigenvalue weighted by atomic mass is 10.1. The van der Waals surface area contributed by atoms with E-state index in [9.17, 15) is 4.79 Å². The van der Waals surface area contributed by atoms with Crippen LogP contribution in [0.2, 0.25) is 0 Å². The lowest BCUT2D eigenvalue weighted by Crippen LogP contribution is -2.10. The van der Waals surface area contributed by atoms with Crippen molar-refractivity contribution in [3.05, 3.63) is 64.7 Å². The quantitative estimate of drug-likeness (QED) is 0.494. The molecule has 1 aliphatic carbocycles. The summed E-state index contributed by atoms with van der Waals surface area (Å²) in [5.41, 5.74) is 6.99. The molecule has 4 nitrogen and oxygen atoms in total. The summed E-state index contributed by atoms with van der Waals surface area (Å²) >= 11 is 11.5. The summed E-state index contributed by atoms with van der Waals surface area (Å²) in [6.07, 6.45) is 1.70. The van der Waals surface area contributed by atoms with Crippen LogP contribution < -0.4 is 10.5 Å². The molecule has 0 unspecified atom stereocenters. The van der Waals surface area contributed by atoms with Gasteiger partial charge in [0, 0.05) is 5.69 Å². The molecular weight excluding hydrogens is 385 g/mol. The maximum Gasteiger partial charge on any atom is 0.310 e. The van der Waals surface area contributed by atoms with Gasteiger partial charge in [-0.15, -0.1) is 0 Å². The van der Waals surface area contributed by atoms with Crippen molar-refractivity contribution < 1.29 is 14.3 Å². The molecule has 0 spiro atoms. The number of carbonyl (C=O) groups is 1. The van der Waals surface area contributed by atoms with Gasteiger partial charge in [-0.25, -0.2) is 0 Å². The molecule has 3 rings (SSSR count). The van der Waals surface area contributed by atoms with Crippen LogP contribution in [-0.4, -0.2) is 5.97 Å². The Labute approximate surface area is 168 Å². The Hall–Kier alpha value is -2.17. The molecule has 6 heteroatoms. The summed E-state index contributed by atoms with van der Waals surface area (Å²) in [5, 5.41) is 0. The summed E-state index contributed by atoms with van der Waals surface area (Å²) in [7, 11) is 0. The van der Waals surface area contributed by atoms with Gasteiger partial charge < -0.3 is 15.2 Å². The average Bonchev–Trinajstić information content (AvgIpc) is 3.14. The number of hydrogen-bond donors (Lipinski definition) is 1. The first-order valence-electron chi connectivity index (χ1n) is 8.59. The van der Waals surface area contributed by atoms with Gasteiger partial charge in [-0.1, -0.05) is 49.2 Å². The summed E-state index contributed by atoms with van der Waals surface area (Å²) in [4.78, 5) is 12.4. The number of nitrogens with two attached hydrogens (primary N) is 1. The Bertz CT molecular complexity index is 858. The Morgan fingerprint density at radius 1 is 1.15 bits per heavy atom. The second-order valence-corrected chi connectivity index (χ2v) is 8.22. The van der Waals surface area contributed by atoms with E-state index < -0.39 is 0 Å². The molecule has 0 amide bonds. The second-order valence-electron chi connectivity index (χ2n) is 7.21. The number of anilines is 1. The monoisotopic (exact) mass is 405 g/mol. The van der Waals surface area contributed by atoms with Gasteiger partial charge in [0.05, 0.1) is 5.92 Å². The Kier molecular flexibility index (Phi) is 5.68. The molecule has 0 aliphatic heterocycles. The summed E-state index contributed by atoms with van der Waals surface area (Å²) in [5.74, 6) is 0.857. The molecular formula is C21H21Cl2NO3. The first-order valence-corrected chi connectivity index (χ1v) is 9.35. The molecule has 1 saturated carbocycles. The van der Waals surface area contributed by atoms with Crippen LogP contribution in [0.3, 0.4) is 0 Å². The minimum Gasteiger partial charge on any atom is -0.461 e. The van der Waals surface area contributed by atoms with Crippen molar-refractivity contribution in [2.75, 3.05) is 5.73 Å². The summed E-state index contributed by atoms with van der Waals surface area (Å²) in [6.45, 7) is 4.17. The van der Waals surface area contributed by atoms with Crippen LogP contribution in [-0.2, 0) is 16.1 Å². The molecule has 142 valence electrons. The first kappa shape index (κ1) is 19.6. The van der Waals surface area contributed by atoms with Crippen molar-refractivity contribution in [3.63, 3.8) is 0 Å². The number of hydrogen-bond acceptors (Lipinski definition) is 4. The largest absolute Gasteiger partial charge is 0.461 e. The normalized spacial score (nSPS) is 19.9. The molecule has 1 aliphatic rings. The molecule has 1 fully saturated rings. The fourth-order valence-corrected chi connectivity index (χ4v) is 3.46. The molecule has 27 heavy (non-hydrogen) atoms. The van der Waals surface area contributed by atoms with Gasteiger partial charge in [-0.05, 0) is 59.4 Å². The van der Waals surface area contributed by atoms with Gasteiger partial charge in [0.25, 0.3) is 0 Å².